The fraction of sp³-hybridized carbons (Fsp3) is 0.609. The highest BCUT2D eigenvalue weighted by atomic mass is 16.5. The summed E-state index contributed by atoms with van der Waals surface area (Å²) in [6.45, 7) is 11.7. The normalized spacial score (nSPS) is 14.4. The minimum atomic E-state index is -0.770. The van der Waals surface area contributed by atoms with Gasteiger partial charge in [0, 0.05) is 24.7 Å². The molecule has 156 valence electrons. The molecular weight excluding hydrogens is 354 g/mol. The Labute approximate surface area is 169 Å². The summed E-state index contributed by atoms with van der Waals surface area (Å²) in [4.78, 5) is 37.9. The van der Waals surface area contributed by atoms with E-state index in [1.165, 1.54) is 0 Å². The van der Waals surface area contributed by atoms with E-state index in [9.17, 15) is 14.4 Å². The number of carbonyl (C=O) groups excluding carboxylic acids is 3. The number of hydrogen-bond donors (Lipinski definition) is 1. The number of esters is 1. The Kier molecular flexibility index (Phi) is 9.91. The van der Waals surface area contributed by atoms with E-state index in [1.54, 1.807) is 6.92 Å². The summed E-state index contributed by atoms with van der Waals surface area (Å²) in [6.07, 6.45) is 0.538. The van der Waals surface area contributed by atoms with Crippen LogP contribution in [0.15, 0.2) is 30.3 Å². The number of hydrogen-bond acceptors (Lipinski definition) is 4. The summed E-state index contributed by atoms with van der Waals surface area (Å²) in [5.41, 5.74) is 0.937. The van der Waals surface area contributed by atoms with Crippen LogP contribution in [0, 0.1) is 23.7 Å². The van der Waals surface area contributed by atoms with Crippen LogP contribution in [0.2, 0.25) is 0 Å². The first kappa shape index (κ1) is 23.9. The number of rotatable bonds is 11. The number of ketones is 1. The summed E-state index contributed by atoms with van der Waals surface area (Å²) >= 11 is 0. The average Bonchev–Trinajstić information content (AvgIpc) is 2.65. The quantitative estimate of drug-likeness (QED) is 0.584. The lowest BCUT2D eigenvalue weighted by molar-refractivity contribution is -0.148. The van der Waals surface area contributed by atoms with Crippen LogP contribution in [0.1, 0.15) is 53.5 Å². The number of benzene rings is 1. The van der Waals surface area contributed by atoms with Crippen molar-refractivity contribution in [2.24, 2.45) is 23.7 Å². The lowest BCUT2D eigenvalue weighted by Crippen LogP contribution is -2.47. The molecule has 0 saturated carbocycles. The number of nitrogens with one attached hydrogen (secondary N) is 1. The number of carbonyl (C=O) groups is 3. The molecule has 5 nitrogen and oxygen atoms in total. The molecule has 0 spiro atoms. The predicted molar refractivity (Wildman–Crippen MR) is 111 cm³/mol. The summed E-state index contributed by atoms with van der Waals surface area (Å²) in [6, 6.07) is 8.73. The van der Waals surface area contributed by atoms with Gasteiger partial charge in [0.1, 0.15) is 11.8 Å². The third-order valence-electron chi connectivity index (χ3n) is 5.24. The monoisotopic (exact) mass is 389 g/mol. The third-order valence-corrected chi connectivity index (χ3v) is 5.24. The molecule has 0 aliphatic rings. The van der Waals surface area contributed by atoms with Crippen molar-refractivity contribution >= 4 is 17.7 Å². The standard InChI is InChI=1S/C23H35NO4/c1-7-28-23(27)20(13-18-11-9-8-10-12-18)24-22(26)19(16(4)5)14-21(25)17(6)15(2)3/h8-12,15-17,19-20H,7,13-14H2,1-6H3,(H,24,26)/t17-,19-,20-/m0/s1. The zero-order chi connectivity index (χ0) is 21.3. The molecule has 1 amide bonds. The molecule has 0 radical (unpaired) electrons. The van der Waals surface area contributed by atoms with Gasteiger partial charge in [0.25, 0.3) is 0 Å². The van der Waals surface area contributed by atoms with Crippen molar-refractivity contribution in [2.45, 2.75) is 60.4 Å². The van der Waals surface area contributed by atoms with Crippen LogP contribution in [0.4, 0.5) is 0 Å². The topological polar surface area (TPSA) is 72.5 Å². The summed E-state index contributed by atoms with van der Waals surface area (Å²) in [5, 5.41) is 2.84. The Hall–Kier alpha value is -2.17. The largest absolute Gasteiger partial charge is 0.464 e. The number of Topliss-reactive ketones (excluding diaryl/α,β-unsaturated/α-hetero) is 1. The van der Waals surface area contributed by atoms with Crippen LogP contribution >= 0.6 is 0 Å². The molecule has 0 bridgehead atoms. The Morgan fingerprint density at radius 2 is 1.57 bits per heavy atom. The average molecular weight is 390 g/mol. The molecule has 3 atom stereocenters. The smallest absolute Gasteiger partial charge is 0.328 e. The van der Waals surface area contributed by atoms with E-state index in [-0.39, 0.29) is 42.5 Å². The second-order valence-corrected chi connectivity index (χ2v) is 8.06. The molecule has 0 aliphatic heterocycles. The molecule has 0 unspecified atom stereocenters. The van der Waals surface area contributed by atoms with Gasteiger partial charge < -0.3 is 10.1 Å². The highest BCUT2D eigenvalue weighted by Gasteiger charge is 2.31. The van der Waals surface area contributed by atoms with E-state index in [4.69, 9.17) is 4.74 Å². The molecule has 0 aliphatic carbocycles. The van der Waals surface area contributed by atoms with Gasteiger partial charge in [0.05, 0.1) is 6.61 Å². The van der Waals surface area contributed by atoms with E-state index < -0.39 is 17.9 Å². The number of ether oxygens (including phenoxy) is 1. The Balaban J connectivity index is 2.92. The molecule has 5 heteroatoms. The second-order valence-electron chi connectivity index (χ2n) is 8.06. The second kappa shape index (κ2) is 11.6. The molecule has 0 fully saturated rings. The van der Waals surface area contributed by atoms with E-state index in [1.807, 2.05) is 65.0 Å². The minimum absolute atomic E-state index is 0.0112. The molecule has 28 heavy (non-hydrogen) atoms. The van der Waals surface area contributed by atoms with Gasteiger partial charge in [-0.25, -0.2) is 4.79 Å². The fourth-order valence-corrected chi connectivity index (χ4v) is 2.97. The van der Waals surface area contributed by atoms with E-state index in [0.29, 0.717) is 6.42 Å². The maximum atomic E-state index is 13.0. The first-order valence-corrected chi connectivity index (χ1v) is 10.2. The summed E-state index contributed by atoms with van der Waals surface area (Å²) in [7, 11) is 0. The first-order chi connectivity index (χ1) is 13.2. The zero-order valence-electron chi connectivity index (χ0n) is 18.0. The van der Waals surface area contributed by atoms with Crippen molar-refractivity contribution in [1.82, 2.24) is 5.32 Å². The fourth-order valence-electron chi connectivity index (χ4n) is 2.97. The predicted octanol–water partition coefficient (Wildman–Crippen LogP) is 3.80. The highest BCUT2D eigenvalue weighted by Crippen LogP contribution is 2.22. The molecule has 1 aromatic rings. The number of amides is 1. The summed E-state index contributed by atoms with van der Waals surface area (Å²) < 4.78 is 5.15. The molecule has 1 N–H and O–H groups in total. The van der Waals surface area contributed by atoms with Crippen LogP contribution in [0.5, 0.6) is 0 Å². The van der Waals surface area contributed by atoms with Crippen molar-refractivity contribution in [2.75, 3.05) is 6.61 Å². The lowest BCUT2D eigenvalue weighted by atomic mass is 9.83. The van der Waals surface area contributed by atoms with Crippen molar-refractivity contribution < 1.29 is 19.1 Å². The molecule has 0 aromatic heterocycles. The lowest BCUT2D eigenvalue weighted by Gasteiger charge is -2.25. The zero-order valence-corrected chi connectivity index (χ0v) is 18.0. The van der Waals surface area contributed by atoms with Crippen molar-refractivity contribution in [3.63, 3.8) is 0 Å². The SMILES string of the molecule is CCOC(=O)[C@H](Cc1ccccc1)NC(=O)[C@@H](CC(=O)[C@@H](C)C(C)C)C(C)C. The van der Waals surface area contributed by atoms with Gasteiger partial charge >= 0.3 is 5.97 Å². The maximum absolute atomic E-state index is 13.0. The summed E-state index contributed by atoms with van der Waals surface area (Å²) in [5.74, 6) is -0.991. The van der Waals surface area contributed by atoms with Crippen LogP contribution in [-0.2, 0) is 25.5 Å². The molecular formula is C23H35NO4. The minimum Gasteiger partial charge on any atom is -0.464 e. The van der Waals surface area contributed by atoms with Gasteiger partial charge in [0.2, 0.25) is 5.91 Å². The third kappa shape index (κ3) is 7.45. The molecule has 1 aromatic carbocycles. The van der Waals surface area contributed by atoms with Gasteiger partial charge in [0.15, 0.2) is 0 Å². The van der Waals surface area contributed by atoms with Gasteiger partial charge in [-0.1, -0.05) is 65.0 Å². The molecule has 1 rings (SSSR count). The van der Waals surface area contributed by atoms with Crippen LogP contribution in [0.25, 0.3) is 0 Å². The van der Waals surface area contributed by atoms with E-state index in [0.717, 1.165) is 5.56 Å². The van der Waals surface area contributed by atoms with Crippen molar-refractivity contribution in [3.05, 3.63) is 35.9 Å². The van der Waals surface area contributed by atoms with Gasteiger partial charge in [-0.15, -0.1) is 0 Å². The Morgan fingerprint density at radius 1 is 0.964 bits per heavy atom. The molecule has 0 saturated heterocycles. The van der Waals surface area contributed by atoms with E-state index >= 15 is 0 Å². The Bertz CT molecular complexity index is 639. The van der Waals surface area contributed by atoms with Gasteiger partial charge in [-0.2, -0.15) is 0 Å². The Morgan fingerprint density at radius 3 is 2.07 bits per heavy atom. The highest BCUT2D eigenvalue weighted by molar-refractivity contribution is 5.90. The van der Waals surface area contributed by atoms with Crippen molar-refractivity contribution in [1.29, 1.82) is 0 Å². The maximum Gasteiger partial charge on any atom is 0.328 e. The van der Waals surface area contributed by atoms with Crippen molar-refractivity contribution in [3.8, 4) is 0 Å². The molecule has 0 heterocycles. The van der Waals surface area contributed by atoms with Crippen LogP contribution in [0.3, 0.4) is 0 Å². The van der Waals surface area contributed by atoms with Gasteiger partial charge in [-0.3, -0.25) is 9.59 Å². The van der Waals surface area contributed by atoms with Crippen LogP contribution in [-0.4, -0.2) is 30.3 Å². The van der Waals surface area contributed by atoms with E-state index in [2.05, 4.69) is 5.32 Å². The van der Waals surface area contributed by atoms with Gasteiger partial charge in [-0.05, 0) is 24.3 Å². The first-order valence-electron chi connectivity index (χ1n) is 10.2. The van der Waals surface area contributed by atoms with Crippen LogP contribution < -0.4 is 5.32 Å².